The van der Waals surface area contributed by atoms with Gasteiger partial charge in [0.15, 0.2) is 17.3 Å². The summed E-state index contributed by atoms with van der Waals surface area (Å²) in [5.74, 6) is 0.189. The van der Waals surface area contributed by atoms with Gasteiger partial charge in [-0.3, -0.25) is 0 Å². The van der Waals surface area contributed by atoms with Crippen molar-refractivity contribution in [2.75, 3.05) is 19.8 Å². The molecule has 0 bridgehead atoms. The van der Waals surface area contributed by atoms with Crippen LogP contribution in [0.4, 0.5) is 4.39 Å². The van der Waals surface area contributed by atoms with E-state index >= 15 is 0 Å². The number of fused-ring (bicyclic) bond motifs is 1. The minimum Gasteiger partial charge on any atom is -0.486 e. The summed E-state index contributed by atoms with van der Waals surface area (Å²) in [5.41, 5.74) is 0.781. The van der Waals surface area contributed by atoms with Crippen LogP contribution < -0.4 is 9.47 Å². The van der Waals surface area contributed by atoms with Crippen molar-refractivity contribution in [3.63, 3.8) is 0 Å². The van der Waals surface area contributed by atoms with Gasteiger partial charge in [-0.15, -0.1) is 0 Å². The van der Waals surface area contributed by atoms with Crippen LogP contribution in [0, 0.1) is 5.82 Å². The zero-order valence-electron chi connectivity index (χ0n) is 7.62. The van der Waals surface area contributed by atoms with Crippen molar-refractivity contribution in [3.8, 4) is 11.5 Å². The van der Waals surface area contributed by atoms with Crippen LogP contribution in [0.25, 0.3) is 0 Å². The van der Waals surface area contributed by atoms with Crippen molar-refractivity contribution >= 4 is 0 Å². The topological polar surface area (TPSA) is 38.7 Å². The summed E-state index contributed by atoms with van der Waals surface area (Å²) < 4.78 is 23.7. The summed E-state index contributed by atoms with van der Waals surface area (Å²) in [6, 6.07) is 2.94. The maximum absolute atomic E-state index is 13.2. The van der Waals surface area contributed by atoms with E-state index in [0.717, 1.165) is 5.56 Å². The molecule has 1 heterocycles. The van der Waals surface area contributed by atoms with Crippen LogP contribution in [0.3, 0.4) is 0 Å². The Morgan fingerprint density at radius 3 is 2.64 bits per heavy atom. The smallest absolute Gasteiger partial charge is 0.197 e. The molecule has 0 saturated carbocycles. The second-order valence-electron chi connectivity index (χ2n) is 3.04. The van der Waals surface area contributed by atoms with E-state index in [1.54, 1.807) is 6.07 Å². The first-order valence-corrected chi connectivity index (χ1v) is 4.51. The summed E-state index contributed by atoms with van der Waals surface area (Å²) in [5, 5.41) is 8.80. The Morgan fingerprint density at radius 2 is 1.93 bits per heavy atom. The maximum atomic E-state index is 13.2. The summed E-state index contributed by atoms with van der Waals surface area (Å²) in [6.07, 6.45) is 0.450. The molecule has 76 valence electrons. The Hall–Kier alpha value is -1.29. The van der Waals surface area contributed by atoms with Gasteiger partial charge in [-0.25, -0.2) is 4.39 Å². The van der Waals surface area contributed by atoms with E-state index in [9.17, 15) is 4.39 Å². The fraction of sp³-hybridized carbons (Fsp3) is 0.400. The largest absolute Gasteiger partial charge is 0.486 e. The highest BCUT2D eigenvalue weighted by Crippen LogP contribution is 2.36. The summed E-state index contributed by atoms with van der Waals surface area (Å²) in [4.78, 5) is 0. The van der Waals surface area contributed by atoms with E-state index in [1.165, 1.54) is 6.07 Å². The molecule has 4 heteroatoms. The highest BCUT2D eigenvalue weighted by Gasteiger charge is 2.19. The van der Waals surface area contributed by atoms with Crippen molar-refractivity contribution in [1.82, 2.24) is 0 Å². The Bertz CT molecular complexity index is 338. The Kier molecular flexibility index (Phi) is 2.54. The van der Waals surface area contributed by atoms with E-state index in [-0.39, 0.29) is 12.4 Å². The van der Waals surface area contributed by atoms with Crippen molar-refractivity contribution in [2.24, 2.45) is 0 Å². The van der Waals surface area contributed by atoms with Crippen LogP contribution in [0.2, 0.25) is 0 Å². The second-order valence-corrected chi connectivity index (χ2v) is 3.04. The third kappa shape index (κ3) is 1.53. The Morgan fingerprint density at radius 1 is 1.21 bits per heavy atom. The summed E-state index contributed by atoms with van der Waals surface area (Å²) >= 11 is 0. The summed E-state index contributed by atoms with van der Waals surface area (Å²) in [7, 11) is 0. The van der Waals surface area contributed by atoms with Gasteiger partial charge in [-0.05, 0) is 12.5 Å². The highest BCUT2D eigenvalue weighted by molar-refractivity contribution is 5.48. The van der Waals surface area contributed by atoms with Gasteiger partial charge in [0.25, 0.3) is 0 Å². The lowest BCUT2D eigenvalue weighted by Crippen LogP contribution is -2.17. The quantitative estimate of drug-likeness (QED) is 0.774. The average Bonchev–Trinajstić information content (AvgIpc) is 2.23. The van der Waals surface area contributed by atoms with Crippen LogP contribution in [0.15, 0.2) is 12.1 Å². The zero-order valence-corrected chi connectivity index (χ0v) is 7.62. The molecule has 14 heavy (non-hydrogen) atoms. The average molecular weight is 198 g/mol. The van der Waals surface area contributed by atoms with Crippen molar-refractivity contribution in [3.05, 3.63) is 23.5 Å². The molecule has 0 aliphatic carbocycles. The fourth-order valence-corrected chi connectivity index (χ4v) is 1.48. The van der Waals surface area contributed by atoms with Gasteiger partial charge in [0.2, 0.25) is 0 Å². The molecule has 1 aromatic carbocycles. The number of aliphatic hydroxyl groups excluding tert-OH is 1. The Balaban J connectivity index is 2.42. The van der Waals surface area contributed by atoms with E-state index < -0.39 is 5.82 Å². The Labute approximate surface area is 81.1 Å². The lowest BCUT2D eigenvalue weighted by molar-refractivity contribution is 0.162. The molecule has 0 atom stereocenters. The molecule has 2 rings (SSSR count). The first-order chi connectivity index (χ1) is 6.83. The molecule has 0 fully saturated rings. The molecule has 1 aromatic rings. The number of benzene rings is 1. The van der Waals surface area contributed by atoms with Gasteiger partial charge in [-0.2, -0.15) is 0 Å². The molecule has 0 spiro atoms. The van der Waals surface area contributed by atoms with E-state index in [0.29, 0.717) is 25.4 Å². The standard InChI is InChI=1S/C10H11FO3/c11-8-2-1-7(3-4-12)9-10(8)14-6-5-13-9/h1-2,12H,3-6H2. The van der Waals surface area contributed by atoms with Crippen molar-refractivity contribution < 1.29 is 19.0 Å². The van der Waals surface area contributed by atoms with E-state index in [2.05, 4.69) is 0 Å². The maximum Gasteiger partial charge on any atom is 0.197 e. The van der Waals surface area contributed by atoms with Gasteiger partial charge >= 0.3 is 0 Å². The van der Waals surface area contributed by atoms with Crippen LogP contribution in [-0.4, -0.2) is 24.9 Å². The van der Waals surface area contributed by atoms with Gasteiger partial charge < -0.3 is 14.6 Å². The molecule has 0 saturated heterocycles. The van der Waals surface area contributed by atoms with Gasteiger partial charge in [0, 0.05) is 12.2 Å². The molecule has 0 amide bonds. The number of halogens is 1. The molecule has 1 N–H and O–H groups in total. The first-order valence-electron chi connectivity index (χ1n) is 4.51. The number of hydrogen-bond acceptors (Lipinski definition) is 3. The SMILES string of the molecule is OCCc1ccc(F)c2c1OCCO2. The molecule has 0 radical (unpaired) electrons. The number of ether oxygens (including phenoxy) is 2. The van der Waals surface area contributed by atoms with Crippen molar-refractivity contribution in [2.45, 2.75) is 6.42 Å². The fourth-order valence-electron chi connectivity index (χ4n) is 1.48. The lowest BCUT2D eigenvalue weighted by atomic mass is 10.1. The molecular weight excluding hydrogens is 187 g/mol. The second kappa shape index (κ2) is 3.84. The third-order valence-electron chi connectivity index (χ3n) is 2.10. The number of hydrogen-bond donors (Lipinski definition) is 1. The van der Waals surface area contributed by atoms with E-state index in [1.807, 2.05) is 0 Å². The number of aliphatic hydroxyl groups is 1. The lowest BCUT2D eigenvalue weighted by Gasteiger charge is -2.21. The highest BCUT2D eigenvalue weighted by atomic mass is 19.1. The predicted molar refractivity (Wildman–Crippen MR) is 48.2 cm³/mol. The minimum atomic E-state index is -0.415. The summed E-state index contributed by atoms with van der Waals surface area (Å²) in [6.45, 7) is 0.808. The predicted octanol–water partition coefficient (Wildman–Crippen LogP) is 1.13. The molecular formula is C10H11FO3. The van der Waals surface area contributed by atoms with Crippen LogP contribution in [0.5, 0.6) is 11.5 Å². The van der Waals surface area contributed by atoms with Gasteiger partial charge in [0.1, 0.15) is 13.2 Å². The third-order valence-corrected chi connectivity index (χ3v) is 2.10. The normalized spacial score (nSPS) is 14.1. The zero-order chi connectivity index (χ0) is 9.97. The van der Waals surface area contributed by atoms with Crippen molar-refractivity contribution in [1.29, 1.82) is 0 Å². The van der Waals surface area contributed by atoms with Crippen LogP contribution in [0.1, 0.15) is 5.56 Å². The molecule has 3 nitrogen and oxygen atoms in total. The van der Waals surface area contributed by atoms with Gasteiger partial charge in [0.05, 0.1) is 0 Å². The molecule has 0 aromatic heterocycles. The molecule has 1 aliphatic rings. The first kappa shape index (κ1) is 9.27. The minimum absolute atomic E-state index is 0.0153. The van der Waals surface area contributed by atoms with Gasteiger partial charge in [-0.1, -0.05) is 6.07 Å². The molecule has 1 aliphatic heterocycles. The molecule has 0 unspecified atom stereocenters. The van der Waals surface area contributed by atoms with Crippen LogP contribution >= 0.6 is 0 Å². The number of rotatable bonds is 2. The van der Waals surface area contributed by atoms with Crippen LogP contribution in [-0.2, 0) is 6.42 Å². The van der Waals surface area contributed by atoms with E-state index in [4.69, 9.17) is 14.6 Å². The monoisotopic (exact) mass is 198 g/mol.